The van der Waals surface area contributed by atoms with Gasteiger partial charge in [-0.2, -0.15) is 0 Å². The number of fused-ring (bicyclic) bond motifs is 2. The summed E-state index contributed by atoms with van der Waals surface area (Å²) in [6, 6.07) is 11.8. The first kappa shape index (κ1) is 15.4. The van der Waals surface area contributed by atoms with E-state index >= 15 is 0 Å². The predicted molar refractivity (Wildman–Crippen MR) is 102 cm³/mol. The second-order valence-corrected chi connectivity index (χ2v) is 7.17. The van der Waals surface area contributed by atoms with Gasteiger partial charge < -0.3 is 9.73 Å². The van der Waals surface area contributed by atoms with Gasteiger partial charge in [0.15, 0.2) is 0 Å². The van der Waals surface area contributed by atoms with Crippen LogP contribution in [0.4, 0.5) is 0 Å². The monoisotopic (exact) mass is 344 g/mol. The van der Waals surface area contributed by atoms with Crippen molar-refractivity contribution in [1.82, 2.24) is 10.3 Å². The number of allylic oxidation sites excluding steroid dienone is 1. The lowest BCUT2D eigenvalue weighted by molar-refractivity contribution is 0.0952. The highest BCUT2D eigenvalue weighted by atomic mass is 16.3. The molecule has 0 atom stereocenters. The highest BCUT2D eigenvalue weighted by Gasteiger charge is 2.28. The molecule has 4 nitrogen and oxygen atoms in total. The number of para-hydroxylation sites is 1. The maximum Gasteiger partial charge on any atom is 0.252 e. The van der Waals surface area contributed by atoms with Crippen LogP contribution in [-0.2, 0) is 6.42 Å². The van der Waals surface area contributed by atoms with Crippen molar-refractivity contribution in [2.75, 3.05) is 6.54 Å². The minimum absolute atomic E-state index is 0.0333. The Kier molecular flexibility index (Phi) is 3.63. The number of aromatic nitrogens is 1. The maximum atomic E-state index is 13.0. The predicted octanol–water partition coefficient (Wildman–Crippen LogP) is 4.45. The summed E-state index contributed by atoms with van der Waals surface area (Å²) >= 11 is 0. The number of hydrogen-bond donors (Lipinski definition) is 1. The summed E-state index contributed by atoms with van der Waals surface area (Å²) in [5.41, 5.74) is 4.81. The van der Waals surface area contributed by atoms with Crippen molar-refractivity contribution in [3.63, 3.8) is 0 Å². The van der Waals surface area contributed by atoms with Gasteiger partial charge in [-0.1, -0.05) is 18.2 Å². The molecule has 1 saturated carbocycles. The van der Waals surface area contributed by atoms with E-state index in [1.165, 1.54) is 12.8 Å². The third kappa shape index (κ3) is 2.71. The molecule has 130 valence electrons. The number of furan rings is 1. The Morgan fingerprint density at radius 2 is 2.08 bits per heavy atom. The Morgan fingerprint density at radius 1 is 1.19 bits per heavy atom. The van der Waals surface area contributed by atoms with Crippen LogP contribution in [0.5, 0.6) is 0 Å². The Hall–Kier alpha value is -2.88. The number of rotatable bonds is 4. The lowest BCUT2D eigenvalue weighted by atomic mass is 10.00. The summed E-state index contributed by atoms with van der Waals surface area (Å²) in [5.74, 6) is 1.52. The first-order chi connectivity index (χ1) is 12.8. The molecule has 2 aliphatic carbocycles. The number of nitrogens with zero attached hydrogens (tertiary/aromatic N) is 1. The van der Waals surface area contributed by atoms with Gasteiger partial charge in [-0.05, 0) is 67.0 Å². The van der Waals surface area contributed by atoms with E-state index in [0.717, 1.165) is 58.4 Å². The van der Waals surface area contributed by atoms with Crippen LogP contribution in [0.15, 0.2) is 47.1 Å². The highest BCUT2D eigenvalue weighted by molar-refractivity contribution is 6.09. The van der Waals surface area contributed by atoms with Gasteiger partial charge >= 0.3 is 0 Å². The van der Waals surface area contributed by atoms with Crippen LogP contribution in [0.25, 0.3) is 22.6 Å². The number of nitrogens with one attached hydrogen (secondary N) is 1. The van der Waals surface area contributed by atoms with Crippen molar-refractivity contribution in [2.45, 2.75) is 25.7 Å². The molecule has 0 spiro atoms. The molecule has 5 rings (SSSR count). The number of carbonyl (C=O) groups is 1. The molecule has 0 saturated heterocycles. The van der Waals surface area contributed by atoms with E-state index < -0.39 is 0 Å². The number of carbonyl (C=O) groups excluding carboxylic acids is 1. The molecular formula is C22H20N2O2. The average Bonchev–Trinajstić information content (AvgIpc) is 3.20. The average molecular weight is 344 g/mol. The van der Waals surface area contributed by atoms with Gasteiger partial charge in [-0.3, -0.25) is 4.79 Å². The summed E-state index contributed by atoms with van der Waals surface area (Å²) in [7, 11) is 0. The summed E-state index contributed by atoms with van der Waals surface area (Å²) in [6.45, 7) is 0.777. The fourth-order valence-corrected chi connectivity index (χ4v) is 3.73. The molecule has 0 bridgehead atoms. The van der Waals surface area contributed by atoms with Crippen molar-refractivity contribution in [1.29, 1.82) is 0 Å². The summed E-state index contributed by atoms with van der Waals surface area (Å²) in [5, 5.41) is 4.08. The second-order valence-electron chi connectivity index (χ2n) is 7.17. The molecule has 1 amide bonds. The van der Waals surface area contributed by atoms with Crippen molar-refractivity contribution >= 4 is 28.5 Å². The van der Waals surface area contributed by atoms with Crippen LogP contribution in [0, 0.1) is 5.92 Å². The Labute approximate surface area is 151 Å². The van der Waals surface area contributed by atoms with Crippen molar-refractivity contribution in [2.24, 2.45) is 5.92 Å². The molecule has 2 aromatic heterocycles. The lowest BCUT2D eigenvalue weighted by Crippen LogP contribution is -2.27. The van der Waals surface area contributed by atoms with Crippen LogP contribution in [0.1, 0.15) is 46.6 Å². The molecule has 2 aliphatic rings. The lowest BCUT2D eigenvalue weighted by Gasteiger charge is -2.12. The zero-order chi connectivity index (χ0) is 17.5. The normalized spacial score (nSPS) is 17.6. The Morgan fingerprint density at radius 3 is 2.88 bits per heavy atom. The maximum absolute atomic E-state index is 13.0. The molecule has 1 fully saturated rings. The molecule has 0 unspecified atom stereocenters. The molecule has 1 N–H and O–H groups in total. The van der Waals surface area contributed by atoms with Crippen molar-refractivity contribution in [3.05, 3.63) is 65.2 Å². The molecule has 3 aromatic rings. The fraction of sp³-hybridized carbons (Fsp3) is 0.273. The van der Waals surface area contributed by atoms with Gasteiger partial charge in [-0.25, -0.2) is 4.98 Å². The molecular weight excluding hydrogens is 324 g/mol. The third-order valence-electron chi connectivity index (χ3n) is 5.28. The minimum atomic E-state index is 0.0333. The zero-order valence-electron chi connectivity index (χ0n) is 14.5. The smallest absolute Gasteiger partial charge is 0.252 e. The van der Waals surface area contributed by atoms with E-state index in [-0.39, 0.29) is 5.91 Å². The van der Waals surface area contributed by atoms with E-state index in [4.69, 9.17) is 9.40 Å². The van der Waals surface area contributed by atoms with Gasteiger partial charge in [0.1, 0.15) is 5.76 Å². The number of pyridine rings is 1. The fourth-order valence-electron chi connectivity index (χ4n) is 3.73. The van der Waals surface area contributed by atoms with E-state index in [1.807, 2.05) is 42.5 Å². The van der Waals surface area contributed by atoms with E-state index in [2.05, 4.69) is 5.32 Å². The molecule has 0 radical (unpaired) electrons. The van der Waals surface area contributed by atoms with Crippen LogP contribution in [-0.4, -0.2) is 17.4 Å². The molecule has 2 heterocycles. The summed E-state index contributed by atoms with van der Waals surface area (Å²) in [6.07, 6.45) is 7.89. The van der Waals surface area contributed by atoms with E-state index in [0.29, 0.717) is 5.92 Å². The van der Waals surface area contributed by atoms with Gasteiger partial charge in [0, 0.05) is 11.9 Å². The first-order valence-corrected chi connectivity index (χ1v) is 9.24. The molecule has 26 heavy (non-hydrogen) atoms. The molecule has 4 heteroatoms. The van der Waals surface area contributed by atoms with Crippen LogP contribution < -0.4 is 5.32 Å². The Balaban J connectivity index is 1.62. The Bertz CT molecular complexity index is 1010. The van der Waals surface area contributed by atoms with E-state index in [1.54, 1.807) is 6.26 Å². The van der Waals surface area contributed by atoms with Gasteiger partial charge in [-0.15, -0.1) is 0 Å². The number of benzene rings is 1. The SMILES string of the molecule is O=C(NCC1CC1)c1c2c(nc3ccccc13)/C(=C\c1ccco1)CC2. The number of hydrogen-bond acceptors (Lipinski definition) is 3. The van der Waals surface area contributed by atoms with E-state index in [9.17, 15) is 4.79 Å². The van der Waals surface area contributed by atoms with Crippen LogP contribution in [0.3, 0.4) is 0 Å². The zero-order valence-corrected chi connectivity index (χ0v) is 14.5. The summed E-state index contributed by atoms with van der Waals surface area (Å²) < 4.78 is 5.46. The van der Waals surface area contributed by atoms with Crippen molar-refractivity contribution in [3.8, 4) is 0 Å². The number of amides is 1. The standard InChI is InChI=1S/C22H20N2O2/c25-22(23-13-14-7-8-14)20-17-5-1-2-6-19(17)24-21-15(9-10-18(20)21)12-16-4-3-11-26-16/h1-6,11-12,14H,7-10,13H2,(H,23,25)/b15-12-. The second kappa shape index (κ2) is 6.13. The van der Waals surface area contributed by atoms with Crippen LogP contribution >= 0.6 is 0 Å². The molecule has 0 aliphatic heterocycles. The summed E-state index contributed by atoms with van der Waals surface area (Å²) in [4.78, 5) is 17.9. The first-order valence-electron chi connectivity index (χ1n) is 9.24. The molecule has 1 aromatic carbocycles. The van der Waals surface area contributed by atoms with Crippen LogP contribution in [0.2, 0.25) is 0 Å². The topological polar surface area (TPSA) is 55.1 Å². The largest absolute Gasteiger partial charge is 0.465 e. The highest BCUT2D eigenvalue weighted by Crippen LogP contribution is 2.37. The van der Waals surface area contributed by atoms with Gasteiger partial charge in [0.2, 0.25) is 0 Å². The third-order valence-corrected chi connectivity index (χ3v) is 5.28. The van der Waals surface area contributed by atoms with Gasteiger partial charge in [0.25, 0.3) is 5.91 Å². The van der Waals surface area contributed by atoms with Crippen molar-refractivity contribution < 1.29 is 9.21 Å². The quantitative estimate of drug-likeness (QED) is 0.760. The minimum Gasteiger partial charge on any atom is -0.465 e. The van der Waals surface area contributed by atoms with Gasteiger partial charge in [0.05, 0.1) is 23.0 Å².